The molecule has 2 aromatic rings. The van der Waals surface area contributed by atoms with Gasteiger partial charge in [0.15, 0.2) is 0 Å². The lowest BCUT2D eigenvalue weighted by Crippen LogP contribution is -2.22. The number of rotatable bonds is 4. The van der Waals surface area contributed by atoms with Gasteiger partial charge in [0, 0.05) is 10.6 Å². The molecule has 2 aromatic carbocycles. The molecule has 0 unspecified atom stereocenters. The lowest BCUT2D eigenvalue weighted by atomic mass is 10.2. The third-order valence-electron chi connectivity index (χ3n) is 2.71. The molecule has 0 spiro atoms. The Bertz CT molecular complexity index is 554. The van der Waals surface area contributed by atoms with E-state index >= 15 is 0 Å². The molecule has 19 heavy (non-hydrogen) atoms. The number of hydrogen-bond acceptors (Lipinski definition) is 2. The zero-order valence-corrected chi connectivity index (χ0v) is 11.9. The van der Waals surface area contributed by atoms with Crippen LogP contribution in [0.3, 0.4) is 0 Å². The van der Waals surface area contributed by atoms with Crippen LogP contribution < -0.4 is 5.32 Å². The minimum absolute atomic E-state index is 0.0273. The third kappa shape index (κ3) is 4.14. The van der Waals surface area contributed by atoms with Crippen molar-refractivity contribution in [1.82, 2.24) is 0 Å². The molecule has 0 radical (unpaired) electrons. The van der Waals surface area contributed by atoms with Crippen molar-refractivity contribution in [2.24, 2.45) is 0 Å². The molecule has 1 N–H and O–H groups in total. The van der Waals surface area contributed by atoms with Crippen molar-refractivity contribution in [1.29, 1.82) is 0 Å². The summed E-state index contributed by atoms with van der Waals surface area (Å²) in [6, 6.07) is 17.8. The maximum absolute atomic E-state index is 12.1. The van der Waals surface area contributed by atoms with Crippen LogP contribution in [0.5, 0.6) is 0 Å². The van der Waals surface area contributed by atoms with Crippen LogP contribution in [-0.2, 0) is 4.79 Å². The van der Waals surface area contributed by atoms with E-state index in [1.807, 2.05) is 68.4 Å². The Morgan fingerprint density at radius 1 is 1.11 bits per heavy atom. The van der Waals surface area contributed by atoms with Gasteiger partial charge in [-0.25, -0.2) is 0 Å². The topological polar surface area (TPSA) is 29.1 Å². The largest absolute Gasteiger partial charge is 0.325 e. The van der Waals surface area contributed by atoms with Crippen molar-refractivity contribution < 1.29 is 4.79 Å². The molecule has 0 heterocycles. The highest BCUT2D eigenvalue weighted by Gasteiger charge is 2.14. The average molecular weight is 271 g/mol. The number of hydrogen-bond donors (Lipinski definition) is 1. The van der Waals surface area contributed by atoms with Gasteiger partial charge in [-0.1, -0.05) is 30.3 Å². The molecule has 3 heteroatoms. The summed E-state index contributed by atoms with van der Waals surface area (Å²) in [5.74, 6) is 0.0273. The molecular formula is C16H17NOS. The molecule has 0 aliphatic carbocycles. The summed E-state index contributed by atoms with van der Waals surface area (Å²) in [6.45, 7) is 3.93. The lowest BCUT2D eigenvalue weighted by molar-refractivity contribution is -0.115. The lowest BCUT2D eigenvalue weighted by Gasteiger charge is -2.12. The molecule has 1 atom stereocenters. The smallest absolute Gasteiger partial charge is 0.237 e. The molecule has 0 saturated heterocycles. The molecule has 0 bridgehead atoms. The first-order valence-electron chi connectivity index (χ1n) is 6.24. The van der Waals surface area contributed by atoms with E-state index in [4.69, 9.17) is 0 Å². The number of thioether (sulfide) groups is 1. The van der Waals surface area contributed by atoms with Crippen LogP contribution in [0.4, 0.5) is 5.69 Å². The maximum Gasteiger partial charge on any atom is 0.237 e. The monoisotopic (exact) mass is 271 g/mol. The Morgan fingerprint density at radius 2 is 1.84 bits per heavy atom. The fourth-order valence-electron chi connectivity index (χ4n) is 1.72. The summed E-state index contributed by atoms with van der Waals surface area (Å²) in [4.78, 5) is 13.2. The Hall–Kier alpha value is -1.74. The number of carbonyl (C=O) groups is 1. The van der Waals surface area contributed by atoms with Gasteiger partial charge >= 0.3 is 0 Å². The van der Waals surface area contributed by atoms with Gasteiger partial charge in [0.05, 0.1) is 5.25 Å². The molecule has 0 aliphatic rings. The van der Waals surface area contributed by atoms with Crippen LogP contribution in [0.25, 0.3) is 0 Å². The van der Waals surface area contributed by atoms with Crippen molar-refractivity contribution >= 4 is 23.4 Å². The first-order chi connectivity index (χ1) is 9.15. The second-order valence-electron chi connectivity index (χ2n) is 4.43. The molecule has 2 nitrogen and oxygen atoms in total. The van der Waals surface area contributed by atoms with Crippen LogP contribution in [0, 0.1) is 6.92 Å². The summed E-state index contributed by atoms with van der Waals surface area (Å²) < 4.78 is 0. The fraction of sp³-hybridized carbons (Fsp3) is 0.188. The highest BCUT2D eigenvalue weighted by Crippen LogP contribution is 2.23. The van der Waals surface area contributed by atoms with Crippen molar-refractivity contribution in [3.8, 4) is 0 Å². The minimum atomic E-state index is -0.122. The summed E-state index contributed by atoms with van der Waals surface area (Å²) in [7, 11) is 0. The summed E-state index contributed by atoms with van der Waals surface area (Å²) in [6.07, 6.45) is 0. The van der Waals surface area contributed by atoms with E-state index in [-0.39, 0.29) is 11.2 Å². The van der Waals surface area contributed by atoms with E-state index in [1.165, 1.54) is 0 Å². The minimum Gasteiger partial charge on any atom is -0.325 e. The number of nitrogens with one attached hydrogen (secondary N) is 1. The number of anilines is 1. The molecule has 0 fully saturated rings. The molecule has 0 aromatic heterocycles. The van der Waals surface area contributed by atoms with E-state index in [1.54, 1.807) is 11.8 Å². The zero-order chi connectivity index (χ0) is 13.7. The van der Waals surface area contributed by atoms with E-state index < -0.39 is 0 Å². The maximum atomic E-state index is 12.1. The number of amides is 1. The fourth-order valence-corrected chi connectivity index (χ4v) is 2.61. The van der Waals surface area contributed by atoms with Crippen molar-refractivity contribution in [3.05, 3.63) is 60.2 Å². The van der Waals surface area contributed by atoms with Gasteiger partial charge in [-0.3, -0.25) is 4.79 Å². The molecule has 1 amide bonds. The van der Waals surface area contributed by atoms with Crippen LogP contribution in [0.15, 0.2) is 59.5 Å². The van der Waals surface area contributed by atoms with Gasteiger partial charge in [-0.05, 0) is 43.7 Å². The van der Waals surface area contributed by atoms with E-state index in [0.717, 1.165) is 16.1 Å². The van der Waals surface area contributed by atoms with Crippen LogP contribution >= 0.6 is 11.8 Å². The normalized spacial score (nSPS) is 11.9. The molecule has 98 valence electrons. The zero-order valence-electron chi connectivity index (χ0n) is 11.1. The van der Waals surface area contributed by atoms with Crippen LogP contribution in [-0.4, -0.2) is 11.2 Å². The molecule has 0 saturated carbocycles. The highest BCUT2D eigenvalue weighted by atomic mass is 32.2. The highest BCUT2D eigenvalue weighted by molar-refractivity contribution is 8.00. The van der Waals surface area contributed by atoms with Gasteiger partial charge < -0.3 is 5.32 Å². The predicted octanol–water partition coefficient (Wildman–Crippen LogP) is 4.11. The van der Waals surface area contributed by atoms with Crippen molar-refractivity contribution in [2.45, 2.75) is 24.0 Å². The Morgan fingerprint density at radius 3 is 2.53 bits per heavy atom. The molecular weight excluding hydrogens is 254 g/mol. The third-order valence-corrected chi connectivity index (χ3v) is 3.82. The summed E-state index contributed by atoms with van der Waals surface area (Å²) in [5, 5.41) is 2.82. The van der Waals surface area contributed by atoms with E-state index in [9.17, 15) is 4.79 Å². The van der Waals surface area contributed by atoms with E-state index in [0.29, 0.717) is 0 Å². The van der Waals surface area contributed by atoms with E-state index in [2.05, 4.69) is 5.32 Å². The first-order valence-corrected chi connectivity index (χ1v) is 7.12. The van der Waals surface area contributed by atoms with Gasteiger partial charge in [0.25, 0.3) is 0 Å². The predicted molar refractivity (Wildman–Crippen MR) is 81.6 cm³/mol. The number of benzene rings is 2. The molecule has 0 aliphatic heterocycles. The first kappa shape index (κ1) is 13.7. The number of aryl methyl sites for hydroxylation is 1. The van der Waals surface area contributed by atoms with Crippen molar-refractivity contribution in [3.63, 3.8) is 0 Å². The Balaban J connectivity index is 1.96. The summed E-state index contributed by atoms with van der Waals surface area (Å²) >= 11 is 1.56. The van der Waals surface area contributed by atoms with Gasteiger partial charge in [-0.2, -0.15) is 0 Å². The van der Waals surface area contributed by atoms with Crippen molar-refractivity contribution in [2.75, 3.05) is 5.32 Å². The van der Waals surface area contributed by atoms with Gasteiger partial charge in [0.1, 0.15) is 0 Å². The quantitative estimate of drug-likeness (QED) is 0.848. The standard InChI is InChI=1S/C16H17NOS/c1-12-7-6-8-14(11-12)17-16(18)13(2)19-15-9-4-3-5-10-15/h3-11,13H,1-2H3,(H,17,18)/t13-/m1/s1. The summed E-state index contributed by atoms with van der Waals surface area (Å²) in [5.41, 5.74) is 1.99. The SMILES string of the molecule is Cc1cccc(NC(=O)[C@@H](C)Sc2ccccc2)c1. The van der Waals surface area contributed by atoms with Gasteiger partial charge in [-0.15, -0.1) is 11.8 Å². The Kier molecular flexibility index (Phi) is 4.63. The van der Waals surface area contributed by atoms with Crippen LogP contribution in [0.2, 0.25) is 0 Å². The Labute approximate surface area is 118 Å². The van der Waals surface area contributed by atoms with Crippen LogP contribution in [0.1, 0.15) is 12.5 Å². The van der Waals surface area contributed by atoms with Gasteiger partial charge in [0.2, 0.25) is 5.91 Å². The number of carbonyl (C=O) groups excluding carboxylic acids is 1. The average Bonchev–Trinajstić information content (AvgIpc) is 2.40. The second-order valence-corrected chi connectivity index (χ2v) is 5.85. The second kappa shape index (κ2) is 6.43. The molecule has 2 rings (SSSR count).